The molecule has 5 heteroatoms. The molecule has 5 nitrogen and oxygen atoms in total. The molecule has 1 aliphatic heterocycles. The van der Waals surface area contributed by atoms with Crippen LogP contribution in [-0.2, 0) is 4.79 Å². The van der Waals surface area contributed by atoms with Crippen LogP contribution < -0.4 is 5.32 Å². The molecule has 1 N–H and O–H groups in total. The van der Waals surface area contributed by atoms with E-state index in [1.165, 1.54) is 0 Å². The zero-order chi connectivity index (χ0) is 14.8. The molecule has 21 heavy (non-hydrogen) atoms. The summed E-state index contributed by atoms with van der Waals surface area (Å²) in [6.45, 7) is 5.55. The molecule has 1 amide bonds. The minimum absolute atomic E-state index is 0.225. The van der Waals surface area contributed by atoms with Gasteiger partial charge in [-0.05, 0) is 25.0 Å². The van der Waals surface area contributed by atoms with Gasteiger partial charge in [-0.15, -0.1) is 0 Å². The summed E-state index contributed by atoms with van der Waals surface area (Å²) >= 11 is 0. The van der Waals surface area contributed by atoms with Crippen molar-refractivity contribution in [1.82, 2.24) is 14.9 Å². The Bertz CT molecular complexity index is 665. The average Bonchev–Trinajstić information content (AvgIpc) is 2.95. The number of hydrogen-bond donors (Lipinski definition) is 1. The summed E-state index contributed by atoms with van der Waals surface area (Å²) in [7, 11) is 0. The van der Waals surface area contributed by atoms with Gasteiger partial charge >= 0.3 is 0 Å². The number of amides is 1. The van der Waals surface area contributed by atoms with E-state index < -0.39 is 0 Å². The average molecular weight is 284 g/mol. The normalized spacial score (nSPS) is 18.2. The molecule has 1 aliphatic rings. The first-order chi connectivity index (χ1) is 10.2. The van der Waals surface area contributed by atoms with E-state index in [9.17, 15) is 4.79 Å². The maximum Gasteiger partial charge on any atom is 0.222 e. The van der Waals surface area contributed by atoms with Gasteiger partial charge in [-0.1, -0.05) is 19.1 Å². The van der Waals surface area contributed by atoms with Gasteiger partial charge in [0.05, 0.1) is 5.52 Å². The molecule has 0 radical (unpaired) electrons. The molecule has 1 unspecified atom stereocenters. The molecule has 1 aromatic carbocycles. The monoisotopic (exact) mass is 284 g/mol. The lowest BCUT2D eigenvalue weighted by molar-refractivity contribution is -0.129. The van der Waals surface area contributed by atoms with Gasteiger partial charge in [-0.25, -0.2) is 9.97 Å². The summed E-state index contributed by atoms with van der Waals surface area (Å²) in [6, 6.07) is 6.33. The van der Waals surface area contributed by atoms with Crippen molar-refractivity contribution in [2.45, 2.75) is 32.7 Å². The predicted octanol–water partition coefficient (Wildman–Crippen LogP) is 2.36. The predicted molar refractivity (Wildman–Crippen MR) is 83.2 cm³/mol. The van der Waals surface area contributed by atoms with E-state index in [2.05, 4.69) is 28.3 Å². The van der Waals surface area contributed by atoms with Crippen molar-refractivity contribution < 1.29 is 4.79 Å². The second-order valence-electron chi connectivity index (χ2n) is 5.51. The summed E-state index contributed by atoms with van der Waals surface area (Å²) in [5.74, 6) is 1.09. The molecule has 1 fully saturated rings. The molecular formula is C16H20N4O. The second-order valence-corrected chi connectivity index (χ2v) is 5.51. The summed E-state index contributed by atoms with van der Waals surface area (Å²) in [5, 5.41) is 4.56. The van der Waals surface area contributed by atoms with Crippen LogP contribution in [0.15, 0.2) is 24.5 Å². The van der Waals surface area contributed by atoms with Crippen LogP contribution in [0.4, 0.5) is 5.82 Å². The highest BCUT2D eigenvalue weighted by molar-refractivity contribution is 5.91. The molecule has 0 saturated carbocycles. The Labute approximate surface area is 124 Å². The van der Waals surface area contributed by atoms with Crippen molar-refractivity contribution >= 4 is 22.6 Å². The third-order valence-corrected chi connectivity index (χ3v) is 4.06. The van der Waals surface area contributed by atoms with Crippen molar-refractivity contribution in [1.29, 1.82) is 0 Å². The van der Waals surface area contributed by atoms with Gasteiger partial charge in [0.2, 0.25) is 5.91 Å². The maximum atomic E-state index is 11.8. The van der Waals surface area contributed by atoms with E-state index in [-0.39, 0.29) is 11.9 Å². The van der Waals surface area contributed by atoms with Gasteiger partial charge in [-0.3, -0.25) is 4.79 Å². The van der Waals surface area contributed by atoms with E-state index in [1.807, 2.05) is 24.0 Å². The Morgan fingerprint density at radius 3 is 3.10 bits per heavy atom. The number of anilines is 1. The number of hydrogen-bond acceptors (Lipinski definition) is 4. The number of benzene rings is 1. The third-order valence-electron chi connectivity index (χ3n) is 4.06. The summed E-state index contributed by atoms with van der Waals surface area (Å²) in [5.41, 5.74) is 2.11. The Kier molecular flexibility index (Phi) is 3.73. The zero-order valence-corrected chi connectivity index (χ0v) is 12.5. The van der Waals surface area contributed by atoms with Crippen LogP contribution in [0.3, 0.4) is 0 Å². The Balaban J connectivity index is 1.82. The first-order valence-corrected chi connectivity index (χ1v) is 7.43. The molecule has 0 bridgehead atoms. The number of aryl methyl sites for hydroxylation is 1. The molecular weight excluding hydrogens is 264 g/mol. The highest BCUT2D eigenvalue weighted by Crippen LogP contribution is 2.25. The van der Waals surface area contributed by atoms with Gasteiger partial charge in [0.1, 0.15) is 12.1 Å². The molecule has 0 spiro atoms. The smallest absolute Gasteiger partial charge is 0.222 e. The molecule has 1 aromatic heterocycles. The van der Waals surface area contributed by atoms with E-state index in [1.54, 1.807) is 6.33 Å². The number of rotatable bonds is 3. The molecule has 1 atom stereocenters. The number of carbonyl (C=O) groups is 1. The van der Waals surface area contributed by atoms with Crippen LogP contribution in [0.1, 0.15) is 25.3 Å². The fourth-order valence-electron chi connectivity index (χ4n) is 2.91. The SMILES string of the molecule is CCC(=O)N1CCC(Nc2ncnc3cccc(C)c23)C1. The van der Waals surface area contributed by atoms with Crippen LogP contribution in [0.5, 0.6) is 0 Å². The lowest BCUT2D eigenvalue weighted by atomic mass is 10.1. The highest BCUT2D eigenvalue weighted by atomic mass is 16.2. The van der Waals surface area contributed by atoms with Crippen molar-refractivity contribution in [3.05, 3.63) is 30.1 Å². The van der Waals surface area contributed by atoms with Gasteiger partial charge in [-0.2, -0.15) is 0 Å². The fourth-order valence-corrected chi connectivity index (χ4v) is 2.91. The van der Waals surface area contributed by atoms with Gasteiger partial charge < -0.3 is 10.2 Å². The molecule has 2 heterocycles. The first kappa shape index (κ1) is 13.8. The van der Waals surface area contributed by atoms with Crippen molar-refractivity contribution in [2.75, 3.05) is 18.4 Å². The van der Waals surface area contributed by atoms with Crippen LogP contribution in [-0.4, -0.2) is 39.9 Å². The Morgan fingerprint density at radius 1 is 1.43 bits per heavy atom. The first-order valence-electron chi connectivity index (χ1n) is 7.43. The van der Waals surface area contributed by atoms with Crippen LogP contribution in [0.2, 0.25) is 0 Å². The molecule has 3 rings (SSSR count). The van der Waals surface area contributed by atoms with E-state index in [0.717, 1.165) is 41.8 Å². The fraction of sp³-hybridized carbons (Fsp3) is 0.438. The summed E-state index contributed by atoms with van der Waals surface area (Å²) in [6.07, 6.45) is 3.12. The minimum Gasteiger partial charge on any atom is -0.365 e. The number of fused-ring (bicyclic) bond motifs is 1. The number of nitrogens with one attached hydrogen (secondary N) is 1. The maximum absolute atomic E-state index is 11.8. The van der Waals surface area contributed by atoms with Crippen molar-refractivity contribution in [3.8, 4) is 0 Å². The number of nitrogens with zero attached hydrogens (tertiary/aromatic N) is 3. The van der Waals surface area contributed by atoms with Crippen LogP contribution >= 0.6 is 0 Å². The summed E-state index contributed by atoms with van der Waals surface area (Å²) < 4.78 is 0. The van der Waals surface area contributed by atoms with Gasteiger partial charge in [0, 0.05) is 30.9 Å². The number of likely N-dealkylation sites (tertiary alicyclic amines) is 1. The van der Waals surface area contributed by atoms with Crippen LogP contribution in [0, 0.1) is 6.92 Å². The van der Waals surface area contributed by atoms with E-state index in [0.29, 0.717) is 6.42 Å². The quantitative estimate of drug-likeness (QED) is 0.940. The third kappa shape index (κ3) is 2.68. The van der Waals surface area contributed by atoms with Gasteiger partial charge in [0.15, 0.2) is 0 Å². The lowest BCUT2D eigenvalue weighted by Gasteiger charge is -2.17. The standard InChI is InChI=1S/C16H20N4O/c1-3-14(21)20-8-7-12(9-20)19-16-15-11(2)5-4-6-13(15)17-10-18-16/h4-6,10,12H,3,7-9H2,1-2H3,(H,17,18,19). The number of aromatic nitrogens is 2. The van der Waals surface area contributed by atoms with Gasteiger partial charge in [0.25, 0.3) is 0 Å². The van der Waals surface area contributed by atoms with E-state index >= 15 is 0 Å². The summed E-state index contributed by atoms with van der Waals surface area (Å²) in [4.78, 5) is 22.4. The molecule has 1 saturated heterocycles. The van der Waals surface area contributed by atoms with Crippen molar-refractivity contribution in [2.24, 2.45) is 0 Å². The molecule has 2 aromatic rings. The largest absolute Gasteiger partial charge is 0.365 e. The second kappa shape index (κ2) is 5.68. The lowest BCUT2D eigenvalue weighted by Crippen LogP contribution is -2.31. The molecule has 110 valence electrons. The van der Waals surface area contributed by atoms with Crippen LogP contribution in [0.25, 0.3) is 10.9 Å². The zero-order valence-electron chi connectivity index (χ0n) is 12.5. The topological polar surface area (TPSA) is 58.1 Å². The van der Waals surface area contributed by atoms with E-state index in [4.69, 9.17) is 0 Å². The molecule has 0 aliphatic carbocycles. The Morgan fingerprint density at radius 2 is 2.29 bits per heavy atom. The number of carbonyl (C=O) groups excluding carboxylic acids is 1. The van der Waals surface area contributed by atoms with Crippen molar-refractivity contribution in [3.63, 3.8) is 0 Å². The highest BCUT2D eigenvalue weighted by Gasteiger charge is 2.25. The Hall–Kier alpha value is -2.17. The minimum atomic E-state index is 0.225.